The average molecular weight is 657 g/mol. The molecule has 4 bridgehead atoms. The number of fused-ring (bicyclic) bond motifs is 8. The van der Waals surface area contributed by atoms with Gasteiger partial charge in [-0.25, -0.2) is 0 Å². The van der Waals surface area contributed by atoms with Crippen LogP contribution in [0.25, 0.3) is 0 Å². The number of hydrogen-bond acceptors (Lipinski definition) is 2. The fourth-order valence-corrected chi connectivity index (χ4v) is 14.7. The molecule has 2 aromatic carbocycles. The average Bonchev–Trinajstić information content (AvgIpc) is 3.50. The summed E-state index contributed by atoms with van der Waals surface area (Å²) in [6, 6.07) is 8.10. The summed E-state index contributed by atoms with van der Waals surface area (Å²) in [5, 5.41) is 0. The van der Waals surface area contributed by atoms with Crippen LogP contribution in [0.1, 0.15) is 99.6 Å². The minimum absolute atomic E-state index is 0.000131. The molecule has 8 aliphatic carbocycles. The van der Waals surface area contributed by atoms with Crippen molar-refractivity contribution in [1.82, 2.24) is 0 Å². The maximum absolute atomic E-state index is 16.1. The van der Waals surface area contributed by atoms with Gasteiger partial charge in [0.1, 0.15) is 0 Å². The summed E-state index contributed by atoms with van der Waals surface area (Å²) >= 11 is 2.09. The monoisotopic (exact) mass is 656 g/mol. The third kappa shape index (κ3) is 2.56. The largest absolute Gasteiger partial charge is 0.380 e. The Hall–Kier alpha value is -1.80. The fourth-order valence-electron chi connectivity index (χ4n) is 11.5. The highest BCUT2D eigenvalue weighted by Crippen LogP contribution is 2.80. The number of benzene rings is 2. The van der Waals surface area contributed by atoms with Gasteiger partial charge >= 0.3 is 17.8 Å². The molecule has 0 unspecified atom stereocenters. The summed E-state index contributed by atoms with van der Waals surface area (Å²) in [7, 11) is 0. The Labute approximate surface area is 267 Å². The van der Waals surface area contributed by atoms with Gasteiger partial charge in [0, 0.05) is 41.6 Å². The number of halogens is 6. The van der Waals surface area contributed by atoms with E-state index in [4.69, 9.17) is 0 Å². The summed E-state index contributed by atoms with van der Waals surface area (Å²) < 4.78 is 95.2. The van der Waals surface area contributed by atoms with Crippen molar-refractivity contribution in [3.63, 3.8) is 0 Å². The molecule has 45 heavy (non-hydrogen) atoms. The van der Waals surface area contributed by atoms with Crippen LogP contribution in [0, 0.1) is 22.7 Å². The fraction of sp³-hybridized carbons (Fsp3) is 0.568. The van der Waals surface area contributed by atoms with E-state index in [1.165, 1.54) is 11.1 Å². The predicted octanol–water partition coefficient (Wildman–Crippen LogP) is 10.9. The van der Waals surface area contributed by atoms with Gasteiger partial charge in [-0.3, -0.25) is 0 Å². The normalized spacial score (nSPS) is 39.9. The number of thioether (sulfide) groups is 2. The first kappa shape index (κ1) is 28.2. The second-order valence-corrected chi connectivity index (χ2v) is 18.7. The Bertz CT molecular complexity index is 1780. The van der Waals surface area contributed by atoms with Gasteiger partial charge in [0.15, 0.2) is 0 Å². The van der Waals surface area contributed by atoms with Crippen LogP contribution in [-0.4, -0.2) is 17.8 Å². The molecule has 0 saturated heterocycles. The number of allylic oxidation sites excluding steroid dienone is 4. The van der Waals surface area contributed by atoms with Gasteiger partial charge < -0.3 is 0 Å². The lowest BCUT2D eigenvalue weighted by Crippen LogP contribution is -2.53. The lowest BCUT2D eigenvalue weighted by Gasteiger charge is -2.59. The highest BCUT2D eigenvalue weighted by Gasteiger charge is 2.85. The van der Waals surface area contributed by atoms with Crippen molar-refractivity contribution in [1.29, 1.82) is 0 Å². The third-order valence-electron chi connectivity index (χ3n) is 14.7. The van der Waals surface area contributed by atoms with Crippen molar-refractivity contribution in [2.45, 2.75) is 117 Å². The zero-order valence-electron chi connectivity index (χ0n) is 26.0. The van der Waals surface area contributed by atoms with E-state index in [1.807, 2.05) is 26.0 Å². The van der Waals surface area contributed by atoms with E-state index in [1.54, 1.807) is 0 Å². The Morgan fingerprint density at radius 2 is 0.956 bits per heavy atom. The van der Waals surface area contributed by atoms with E-state index in [2.05, 4.69) is 39.8 Å². The Morgan fingerprint density at radius 1 is 0.578 bits per heavy atom. The van der Waals surface area contributed by atoms with Crippen molar-refractivity contribution in [2.24, 2.45) is 22.7 Å². The molecule has 3 fully saturated rings. The molecule has 0 N–H and O–H groups in total. The van der Waals surface area contributed by atoms with Crippen molar-refractivity contribution in [3.8, 4) is 0 Å². The van der Waals surface area contributed by atoms with Gasteiger partial charge in [-0.05, 0) is 120 Å². The maximum atomic E-state index is 16.1. The van der Waals surface area contributed by atoms with Gasteiger partial charge in [0.2, 0.25) is 0 Å². The van der Waals surface area contributed by atoms with Crippen LogP contribution in [0.15, 0.2) is 55.0 Å². The molecule has 6 atom stereocenters. The predicted molar refractivity (Wildman–Crippen MR) is 165 cm³/mol. The SMILES string of the molecule is CC1(C)[C@H]2Cc3c(ccc4c3[C@@]3(C)C(=C5C(=C6Sc7ccc8c(c7[C@@]63C)C[C@@H]3C[C@@H]8C3(C)C)C(F)(F)C(F)(F)C5(F)F)S4)[C@H]1C2. The molecule has 0 radical (unpaired) electrons. The van der Waals surface area contributed by atoms with E-state index in [-0.39, 0.29) is 20.6 Å². The van der Waals surface area contributed by atoms with E-state index < -0.39 is 39.7 Å². The Balaban J connectivity index is 1.33. The van der Waals surface area contributed by atoms with E-state index in [0.717, 1.165) is 81.3 Å². The van der Waals surface area contributed by atoms with E-state index in [0.29, 0.717) is 23.7 Å². The molecule has 12 rings (SSSR count). The van der Waals surface area contributed by atoms with Crippen molar-refractivity contribution in [3.05, 3.63) is 78.6 Å². The molecular weight excluding hydrogens is 623 g/mol. The molecule has 2 heterocycles. The molecule has 0 amide bonds. The topological polar surface area (TPSA) is 0 Å². The molecule has 236 valence electrons. The number of alkyl halides is 6. The van der Waals surface area contributed by atoms with Crippen LogP contribution in [0.5, 0.6) is 0 Å². The molecule has 0 spiro atoms. The van der Waals surface area contributed by atoms with Gasteiger partial charge in [-0.2, -0.15) is 26.3 Å². The molecular formula is C37H34F6S2. The second kappa shape index (κ2) is 7.43. The van der Waals surface area contributed by atoms with Crippen LogP contribution in [0.3, 0.4) is 0 Å². The third-order valence-corrected chi connectivity index (χ3v) is 17.4. The van der Waals surface area contributed by atoms with Gasteiger partial charge in [-0.15, -0.1) is 0 Å². The Morgan fingerprint density at radius 3 is 1.31 bits per heavy atom. The van der Waals surface area contributed by atoms with Gasteiger partial charge in [-0.1, -0.05) is 63.4 Å². The lowest BCUT2D eigenvalue weighted by molar-refractivity contribution is -0.258. The summed E-state index contributed by atoms with van der Waals surface area (Å²) in [5.74, 6) is -14.0. The molecule has 0 aromatic heterocycles. The van der Waals surface area contributed by atoms with Crippen LogP contribution < -0.4 is 0 Å². The van der Waals surface area contributed by atoms with Crippen molar-refractivity contribution in [2.75, 3.05) is 0 Å². The molecule has 2 aliphatic heterocycles. The molecule has 2 aromatic rings. The molecule has 3 saturated carbocycles. The zero-order valence-corrected chi connectivity index (χ0v) is 27.7. The van der Waals surface area contributed by atoms with Crippen LogP contribution in [0.4, 0.5) is 26.3 Å². The van der Waals surface area contributed by atoms with E-state index in [9.17, 15) is 0 Å². The first-order valence-electron chi connectivity index (χ1n) is 16.2. The standard InChI is InChI=1S/C37H34F6S2/c1-31(2)15-11-19-17(21(31)13-15)7-9-23-25(19)33(5)29(44-23)27-28(36(40,41)37(42,43)35(27,38)39)30-34(33,6)26-20-12-16-14-22(32(16,3)4)18(20)8-10-24(26)45-30/h7-10,15-16,21-22H,11-14H2,1-6H3/t15-,16+,21+,22-,33-,34-/m0/s1. The minimum Gasteiger partial charge on any atom is -0.194 e. The maximum Gasteiger partial charge on any atom is 0.380 e. The highest BCUT2D eigenvalue weighted by atomic mass is 32.2. The lowest BCUT2D eigenvalue weighted by atomic mass is 9.44. The molecule has 0 nitrogen and oxygen atoms in total. The molecule has 10 aliphatic rings. The summed E-state index contributed by atoms with van der Waals surface area (Å²) in [4.78, 5) is 1.50. The number of hydrogen-bond donors (Lipinski definition) is 0. The minimum atomic E-state index is -5.53. The second-order valence-electron chi connectivity index (χ2n) is 16.6. The van der Waals surface area contributed by atoms with Crippen LogP contribution >= 0.6 is 23.5 Å². The highest BCUT2D eigenvalue weighted by molar-refractivity contribution is 8.04. The Kier molecular flexibility index (Phi) is 4.66. The van der Waals surface area contributed by atoms with Gasteiger partial charge in [0.25, 0.3) is 0 Å². The quantitative estimate of drug-likeness (QED) is 0.259. The molecule has 8 heteroatoms. The first-order valence-corrected chi connectivity index (χ1v) is 17.8. The van der Waals surface area contributed by atoms with E-state index >= 15 is 26.3 Å². The summed E-state index contributed by atoms with van der Waals surface area (Å²) in [5.41, 5.74) is 2.12. The summed E-state index contributed by atoms with van der Waals surface area (Å²) in [6.07, 6.45) is 3.72. The van der Waals surface area contributed by atoms with Crippen molar-refractivity contribution >= 4 is 23.5 Å². The van der Waals surface area contributed by atoms with Gasteiger partial charge in [0.05, 0.1) is 0 Å². The van der Waals surface area contributed by atoms with Crippen molar-refractivity contribution < 1.29 is 26.3 Å². The van der Waals surface area contributed by atoms with Crippen LogP contribution in [-0.2, 0) is 23.7 Å². The zero-order chi connectivity index (χ0) is 31.8. The van der Waals surface area contributed by atoms with Crippen LogP contribution in [0.2, 0.25) is 0 Å². The number of rotatable bonds is 0. The smallest absolute Gasteiger partial charge is 0.194 e. The first-order chi connectivity index (χ1) is 20.8. The summed E-state index contributed by atoms with van der Waals surface area (Å²) in [6.45, 7) is 13.0.